The Morgan fingerprint density at radius 3 is 2.25 bits per heavy atom. The summed E-state index contributed by atoms with van der Waals surface area (Å²) in [6, 6.07) is 4.12. The third kappa shape index (κ3) is 4.30. The van der Waals surface area contributed by atoms with Crippen LogP contribution in [0.2, 0.25) is 0 Å². The summed E-state index contributed by atoms with van der Waals surface area (Å²) in [4.78, 5) is 10.8. The van der Waals surface area contributed by atoms with E-state index in [0.29, 0.717) is 5.69 Å². The molecule has 0 aromatic heterocycles. The molecule has 2 amide bonds. The molecular weight excluding hydrogens is 245 g/mol. The highest BCUT2D eigenvalue weighted by atomic mass is 32.1. The maximum atomic E-state index is 11.8. The number of carbonyl (C=O) groups excluding carboxylic acids is 1. The summed E-state index contributed by atoms with van der Waals surface area (Å²) < 4.78 is 41.0. The van der Waals surface area contributed by atoms with Crippen LogP contribution in [0.1, 0.15) is 0 Å². The van der Waals surface area contributed by atoms with Crippen molar-refractivity contribution in [3.8, 4) is 5.75 Å². The Kier molecular flexibility index (Phi) is 3.88. The molecule has 0 spiro atoms. The van der Waals surface area contributed by atoms with Crippen LogP contribution in [0.3, 0.4) is 0 Å². The zero-order chi connectivity index (χ0) is 12.2. The Bertz CT molecular complexity index is 367. The molecule has 0 saturated heterocycles. The van der Waals surface area contributed by atoms with Crippen LogP contribution in [-0.2, 0) is 0 Å². The lowest BCUT2D eigenvalue weighted by molar-refractivity contribution is -0.274. The minimum Gasteiger partial charge on any atom is -0.406 e. The molecule has 0 unspecified atom stereocenters. The molecule has 0 bridgehead atoms. The summed E-state index contributed by atoms with van der Waals surface area (Å²) in [6.45, 7) is 0. The molecule has 2 N–H and O–H groups in total. The van der Waals surface area contributed by atoms with E-state index in [1.165, 1.54) is 12.1 Å². The summed E-state index contributed by atoms with van der Waals surface area (Å²) >= 11 is 3.49. The van der Waals surface area contributed by atoms with Crippen LogP contribution >= 0.6 is 12.8 Å². The number of rotatable bonds is 2. The monoisotopic (exact) mass is 252 g/mol. The van der Waals surface area contributed by atoms with Gasteiger partial charge < -0.3 is 10.1 Å². The first-order chi connectivity index (χ1) is 7.40. The number of anilines is 1. The summed E-state index contributed by atoms with van der Waals surface area (Å²) in [5.74, 6) is -0.357. The molecule has 88 valence electrons. The molecule has 0 aliphatic heterocycles. The van der Waals surface area contributed by atoms with Gasteiger partial charge in [-0.3, -0.25) is 4.72 Å². The van der Waals surface area contributed by atoms with Gasteiger partial charge >= 0.3 is 12.4 Å². The molecule has 0 atom stereocenters. The summed E-state index contributed by atoms with van der Waals surface area (Å²) in [7, 11) is 0. The van der Waals surface area contributed by atoms with Gasteiger partial charge in [0.25, 0.3) is 0 Å². The molecule has 0 saturated carbocycles. The number of benzene rings is 1. The molecule has 1 aromatic carbocycles. The fraction of sp³-hybridized carbons (Fsp3) is 0.125. The zero-order valence-electron chi connectivity index (χ0n) is 7.71. The van der Waals surface area contributed by atoms with Gasteiger partial charge in [-0.05, 0) is 24.3 Å². The minimum absolute atomic E-state index is 0.320. The van der Waals surface area contributed by atoms with E-state index >= 15 is 0 Å². The smallest absolute Gasteiger partial charge is 0.406 e. The fourth-order valence-corrected chi connectivity index (χ4v) is 0.955. The van der Waals surface area contributed by atoms with Crippen molar-refractivity contribution in [2.45, 2.75) is 6.36 Å². The van der Waals surface area contributed by atoms with Crippen molar-refractivity contribution in [2.75, 3.05) is 5.32 Å². The molecule has 0 radical (unpaired) electrons. The second-order valence-electron chi connectivity index (χ2n) is 2.64. The Balaban J connectivity index is 2.64. The van der Waals surface area contributed by atoms with Gasteiger partial charge in [0, 0.05) is 5.69 Å². The molecule has 16 heavy (non-hydrogen) atoms. The highest BCUT2D eigenvalue weighted by Crippen LogP contribution is 2.23. The Morgan fingerprint density at radius 2 is 1.81 bits per heavy atom. The lowest BCUT2D eigenvalue weighted by Gasteiger charge is -2.09. The SMILES string of the molecule is O=C(NS)Nc1ccc(OC(F)(F)F)cc1. The Morgan fingerprint density at radius 1 is 1.25 bits per heavy atom. The predicted molar refractivity (Wildman–Crippen MR) is 54.3 cm³/mol. The van der Waals surface area contributed by atoms with Crippen LogP contribution in [-0.4, -0.2) is 12.4 Å². The molecule has 8 heteroatoms. The molecule has 4 nitrogen and oxygen atoms in total. The van der Waals surface area contributed by atoms with Crippen LogP contribution in [0.4, 0.5) is 23.7 Å². The van der Waals surface area contributed by atoms with Crippen LogP contribution < -0.4 is 14.8 Å². The Labute approximate surface area is 94.3 Å². The largest absolute Gasteiger partial charge is 0.573 e. The number of nitrogens with one attached hydrogen (secondary N) is 2. The van der Waals surface area contributed by atoms with Crippen molar-refractivity contribution in [1.82, 2.24) is 4.72 Å². The van der Waals surface area contributed by atoms with Gasteiger partial charge in [-0.15, -0.1) is 13.2 Å². The van der Waals surface area contributed by atoms with Crippen LogP contribution in [0.5, 0.6) is 5.75 Å². The average Bonchev–Trinajstić information content (AvgIpc) is 2.18. The topological polar surface area (TPSA) is 50.4 Å². The van der Waals surface area contributed by atoms with E-state index in [1.54, 1.807) is 0 Å². The molecule has 0 fully saturated rings. The molecule has 0 aliphatic carbocycles. The molecule has 1 aromatic rings. The predicted octanol–water partition coefficient (Wildman–Crippen LogP) is 2.55. The van der Waals surface area contributed by atoms with Gasteiger partial charge in [-0.25, -0.2) is 4.79 Å². The third-order valence-electron chi connectivity index (χ3n) is 1.45. The third-order valence-corrected chi connectivity index (χ3v) is 1.65. The van der Waals surface area contributed by atoms with E-state index in [9.17, 15) is 18.0 Å². The number of hydrogen-bond donors (Lipinski definition) is 3. The first-order valence-corrected chi connectivity index (χ1v) is 4.42. The second-order valence-corrected chi connectivity index (χ2v) is 2.86. The summed E-state index contributed by atoms with van der Waals surface area (Å²) in [5.41, 5.74) is 0.320. The van der Waals surface area contributed by atoms with Crippen molar-refractivity contribution in [3.63, 3.8) is 0 Å². The van der Waals surface area contributed by atoms with Gasteiger partial charge in [-0.2, -0.15) is 0 Å². The number of thiol groups is 1. The zero-order valence-corrected chi connectivity index (χ0v) is 8.60. The van der Waals surface area contributed by atoms with Crippen molar-refractivity contribution < 1.29 is 22.7 Å². The number of carbonyl (C=O) groups is 1. The lowest BCUT2D eigenvalue weighted by atomic mass is 10.3. The van der Waals surface area contributed by atoms with E-state index in [0.717, 1.165) is 12.1 Å². The van der Waals surface area contributed by atoms with Crippen LogP contribution in [0, 0.1) is 0 Å². The first-order valence-electron chi connectivity index (χ1n) is 3.97. The van der Waals surface area contributed by atoms with Crippen LogP contribution in [0.15, 0.2) is 24.3 Å². The van der Waals surface area contributed by atoms with Gasteiger partial charge in [0.15, 0.2) is 0 Å². The summed E-state index contributed by atoms with van der Waals surface area (Å²) in [6.07, 6.45) is -4.72. The second kappa shape index (κ2) is 4.97. The minimum atomic E-state index is -4.72. The number of halogens is 3. The number of amides is 2. The van der Waals surface area contributed by atoms with Crippen LogP contribution in [0.25, 0.3) is 0 Å². The van der Waals surface area contributed by atoms with E-state index in [2.05, 4.69) is 22.9 Å². The highest BCUT2D eigenvalue weighted by Gasteiger charge is 2.30. The quantitative estimate of drug-likeness (QED) is 0.708. The number of hydrogen-bond acceptors (Lipinski definition) is 3. The molecule has 0 aliphatic rings. The fourth-order valence-electron chi connectivity index (χ4n) is 0.899. The molecular formula is C8H7F3N2O2S. The van der Waals surface area contributed by atoms with Crippen molar-refractivity contribution in [3.05, 3.63) is 24.3 Å². The van der Waals surface area contributed by atoms with Gasteiger partial charge in [0.05, 0.1) is 0 Å². The van der Waals surface area contributed by atoms with E-state index < -0.39 is 12.4 Å². The number of ether oxygens (including phenoxy) is 1. The lowest BCUT2D eigenvalue weighted by Crippen LogP contribution is -2.20. The average molecular weight is 252 g/mol. The van der Waals surface area contributed by atoms with Crippen molar-refractivity contribution in [2.24, 2.45) is 0 Å². The van der Waals surface area contributed by atoms with Gasteiger partial charge in [0.1, 0.15) is 5.75 Å². The first kappa shape index (κ1) is 12.5. The van der Waals surface area contributed by atoms with E-state index in [4.69, 9.17) is 0 Å². The van der Waals surface area contributed by atoms with E-state index in [-0.39, 0.29) is 5.75 Å². The summed E-state index contributed by atoms with van der Waals surface area (Å²) in [5, 5.41) is 2.32. The van der Waals surface area contributed by atoms with Gasteiger partial charge in [0.2, 0.25) is 0 Å². The molecule has 1 rings (SSSR count). The highest BCUT2D eigenvalue weighted by molar-refractivity contribution is 7.78. The maximum Gasteiger partial charge on any atom is 0.573 e. The Hall–Kier alpha value is -1.57. The normalized spacial score (nSPS) is 10.8. The van der Waals surface area contributed by atoms with Crippen molar-refractivity contribution >= 4 is 24.5 Å². The van der Waals surface area contributed by atoms with Gasteiger partial charge in [-0.1, -0.05) is 12.8 Å². The molecule has 0 heterocycles. The maximum absolute atomic E-state index is 11.8. The standard InChI is InChI=1S/C8H7F3N2O2S/c9-8(10,11)15-6-3-1-5(2-4-6)12-7(14)13-16/h1-4,16H,(H2,12,13,14). The number of alkyl halides is 3. The number of urea groups is 1. The van der Waals surface area contributed by atoms with Crippen molar-refractivity contribution in [1.29, 1.82) is 0 Å². The van der Waals surface area contributed by atoms with E-state index in [1.807, 2.05) is 4.72 Å².